The second-order valence-electron chi connectivity index (χ2n) is 2.27. The molecule has 0 fully saturated rings. The van der Waals surface area contributed by atoms with Crippen molar-refractivity contribution in [1.82, 2.24) is 4.98 Å². The molecule has 0 aromatic carbocycles. The van der Waals surface area contributed by atoms with Crippen LogP contribution in [0.15, 0.2) is 16.7 Å². The number of pyridine rings is 1. The number of hydrogen-bond acceptors (Lipinski definition) is 1. The monoisotopic (exact) mass is 199 g/mol. The Morgan fingerprint density at radius 3 is 2.80 bits per heavy atom. The van der Waals surface area contributed by atoms with Crippen molar-refractivity contribution in [2.24, 2.45) is 0 Å². The SMILES string of the molecule is CCc1cc(C)ncc1Br. The minimum absolute atomic E-state index is 1.06. The van der Waals surface area contributed by atoms with E-state index in [1.807, 2.05) is 13.1 Å². The van der Waals surface area contributed by atoms with Crippen LogP contribution in [0.3, 0.4) is 0 Å². The molecule has 2 heteroatoms. The molecule has 0 aliphatic heterocycles. The maximum absolute atomic E-state index is 4.14. The number of rotatable bonds is 1. The van der Waals surface area contributed by atoms with E-state index in [1.165, 1.54) is 5.56 Å². The maximum Gasteiger partial charge on any atom is 0.0416 e. The fourth-order valence-electron chi connectivity index (χ4n) is 0.871. The van der Waals surface area contributed by atoms with Gasteiger partial charge in [-0.2, -0.15) is 0 Å². The van der Waals surface area contributed by atoms with Gasteiger partial charge < -0.3 is 0 Å². The van der Waals surface area contributed by atoms with E-state index in [4.69, 9.17) is 0 Å². The average molecular weight is 200 g/mol. The molecular weight excluding hydrogens is 190 g/mol. The molecule has 1 nitrogen and oxygen atoms in total. The topological polar surface area (TPSA) is 12.9 Å². The summed E-state index contributed by atoms with van der Waals surface area (Å²) in [7, 11) is 0. The van der Waals surface area contributed by atoms with Crippen molar-refractivity contribution in [2.75, 3.05) is 0 Å². The van der Waals surface area contributed by atoms with Crippen LogP contribution < -0.4 is 0 Å². The highest BCUT2D eigenvalue weighted by atomic mass is 79.9. The van der Waals surface area contributed by atoms with E-state index in [1.54, 1.807) is 0 Å². The molecule has 0 amide bonds. The summed E-state index contributed by atoms with van der Waals surface area (Å²) >= 11 is 3.43. The number of nitrogens with zero attached hydrogens (tertiary/aromatic N) is 1. The van der Waals surface area contributed by atoms with Crippen LogP contribution in [0.5, 0.6) is 0 Å². The number of halogens is 1. The number of aryl methyl sites for hydroxylation is 2. The van der Waals surface area contributed by atoms with Crippen molar-refractivity contribution in [1.29, 1.82) is 0 Å². The zero-order valence-electron chi connectivity index (χ0n) is 6.19. The van der Waals surface area contributed by atoms with Gasteiger partial charge >= 0.3 is 0 Å². The van der Waals surface area contributed by atoms with Gasteiger partial charge in [-0.25, -0.2) is 0 Å². The Morgan fingerprint density at radius 2 is 2.30 bits per heavy atom. The molecule has 1 rings (SSSR count). The van der Waals surface area contributed by atoms with Crippen molar-refractivity contribution < 1.29 is 0 Å². The predicted octanol–water partition coefficient (Wildman–Crippen LogP) is 2.71. The van der Waals surface area contributed by atoms with Crippen LogP contribution in [0.25, 0.3) is 0 Å². The largest absolute Gasteiger partial charge is 0.260 e. The Hall–Kier alpha value is -0.370. The first-order valence-electron chi connectivity index (χ1n) is 3.35. The van der Waals surface area contributed by atoms with E-state index >= 15 is 0 Å². The molecule has 1 heterocycles. The van der Waals surface area contributed by atoms with E-state index in [0.717, 1.165) is 16.6 Å². The van der Waals surface area contributed by atoms with E-state index in [9.17, 15) is 0 Å². The van der Waals surface area contributed by atoms with Gasteiger partial charge in [-0.15, -0.1) is 0 Å². The minimum atomic E-state index is 1.06. The smallest absolute Gasteiger partial charge is 0.0416 e. The molecule has 0 atom stereocenters. The lowest BCUT2D eigenvalue weighted by Gasteiger charge is -1.99. The second-order valence-corrected chi connectivity index (χ2v) is 3.12. The summed E-state index contributed by atoms with van der Waals surface area (Å²) in [5.74, 6) is 0. The first kappa shape index (κ1) is 7.73. The highest BCUT2D eigenvalue weighted by Gasteiger charge is 1.96. The van der Waals surface area contributed by atoms with Gasteiger partial charge in [0, 0.05) is 16.4 Å². The molecule has 0 aliphatic carbocycles. The van der Waals surface area contributed by atoms with Crippen molar-refractivity contribution in [3.63, 3.8) is 0 Å². The summed E-state index contributed by atoms with van der Waals surface area (Å²) in [6.45, 7) is 4.14. The number of aromatic nitrogens is 1. The molecule has 0 aliphatic rings. The molecular formula is C8H10BrN. The summed E-state index contributed by atoms with van der Waals surface area (Å²) in [6.07, 6.45) is 2.91. The third-order valence-corrected chi connectivity index (χ3v) is 2.17. The van der Waals surface area contributed by atoms with Gasteiger partial charge in [0.05, 0.1) is 0 Å². The van der Waals surface area contributed by atoms with E-state index in [-0.39, 0.29) is 0 Å². The molecule has 0 spiro atoms. The van der Waals surface area contributed by atoms with Crippen LogP contribution in [0.4, 0.5) is 0 Å². The average Bonchev–Trinajstić information content (AvgIpc) is 1.94. The molecule has 0 saturated heterocycles. The fourth-order valence-corrected chi connectivity index (χ4v) is 1.37. The summed E-state index contributed by atoms with van der Waals surface area (Å²) in [5, 5.41) is 0. The molecule has 0 bridgehead atoms. The molecule has 10 heavy (non-hydrogen) atoms. The second kappa shape index (κ2) is 3.15. The molecule has 1 aromatic heterocycles. The molecule has 0 saturated carbocycles. The lowest BCUT2D eigenvalue weighted by molar-refractivity contribution is 1.07. The Labute approximate surface area is 69.6 Å². The van der Waals surface area contributed by atoms with Gasteiger partial charge in [0.25, 0.3) is 0 Å². The van der Waals surface area contributed by atoms with E-state index < -0.39 is 0 Å². The van der Waals surface area contributed by atoms with Gasteiger partial charge in [-0.3, -0.25) is 4.98 Å². The van der Waals surface area contributed by atoms with Crippen LogP contribution in [-0.2, 0) is 6.42 Å². The van der Waals surface area contributed by atoms with Crippen LogP contribution in [0, 0.1) is 6.92 Å². The first-order valence-corrected chi connectivity index (χ1v) is 4.14. The maximum atomic E-state index is 4.14. The van der Waals surface area contributed by atoms with Gasteiger partial charge in [-0.1, -0.05) is 6.92 Å². The van der Waals surface area contributed by atoms with E-state index in [2.05, 4.69) is 33.9 Å². The van der Waals surface area contributed by atoms with Crippen LogP contribution >= 0.6 is 15.9 Å². The van der Waals surface area contributed by atoms with Crippen molar-refractivity contribution in [3.05, 3.63) is 28.0 Å². The zero-order chi connectivity index (χ0) is 7.56. The van der Waals surface area contributed by atoms with Gasteiger partial charge in [-0.05, 0) is 40.9 Å². The predicted molar refractivity (Wildman–Crippen MR) is 46.1 cm³/mol. The van der Waals surface area contributed by atoms with Crippen molar-refractivity contribution in [3.8, 4) is 0 Å². The van der Waals surface area contributed by atoms with Crippen LogP contribution in [0.1, 0.15) is 18.2 Å². The standard InChI is InChI=1S/C8H10BrN/c1-3-7-4-6(2)10-5-8(7)9/h4-5H,3H2,1-2H3. The summed E-state index contributed by atoms with van der Waals surface area (Å²) in [5.41, 5.74) is 2.41. The number of hydrogen-bond donors (Lipinski definition) is 0. The minimum Gasteiger partial charge on any atom is -0.260 e. The quantitative estimate of drug-likeness (QED) is 0.679. The lowest BCUT2D eigenvalue weighted by Crippen LogP contribution is -1.86. The molecule has 1 aromatic rings. The fraction of sp³-hybridized carbons (Fsp3) is 0.375. The highest BCUT2D eigenvalue weighted by molar-refractivity contribution is 9.10. The molecule has 0 unspecified atom stereocenters. The van der Waals surface area contributed by atoms with Gasteiger partial charge in [0.1, 0.15) is 0 Å². The van der Waals surface area contributed by atoms with Crippen LogP contribution in [0.2, 0.25) is 0 Å². The third kappa shape index (κ3) is 1.57. The summed E-state index contributed by atoms with van der Waals surface area (Å²) in [4.78, 5) is 4.14. The van der Waals surface area contributed by atoms with Gasteiger partial charge in [0.15, 0.2) is 0 Å². The highest BCUT2D eigenvalue weighted by Crippen LogP contribution is 2.15. The normalized spacial score (nSPS) is 9.90. The third-order valence-electron chi connectivity index (χ3n) is 1.45. The van der Waals surface area contributed by atoms with E-state index in [0.29, 0.717) is 0 Å². The lowest BCUT2D eigenvalue weighted by atomic mass is 10.2. The Morgan fingerprint density at radius 1 is 1.60 bits per heavy atom. The first-order chi connectivity index (χ1) is 4.74. The Bertz CT molecular complexity index is 233. The molecule has 0 radical (unpaired) electrons. The molecule has 0 N–H and O–H groups in total. The zero-order valence-corrected chi connectivity index (χ0v) is 7.77. The van der Waals surface area contributed by atoms with Crippen molar-refractivity contribution in [2.45, 2.75) is 20.3 Å². The van der Waals surface area contributed by atoms with Gasteiger partial charge in [0.2, 0.25) is 0 Å². The Kier molecular flexibility index (Phi) is 2.44. The van der Waals surface area contributed by atoms with Crippen LogP contribution in [-0.4, -0.2) is 4.98 Å². The summed E-state index contributed by atoms with van der Waals surface area (Å²) in [6, 6.07) is 2.10. The Balaban J connectivity index is 3.09. The molecule has 54 valence electrons. The van der Waals surface area contributed by atoms with Crippen molar-refractivity contribution >= 4 is 15.9 Å². The summed E-state index contributed by atoms with van der Waals surface area (Å²) < 4.78 is 1.11.